The van der Waals surface area contributed by atoms with Gasteiger partial charge in [0, 0.05) is 44.4 Å². The largest absolute Gasteiger partial charge is 0.456 e. The highest BCUT2D eigenvalue weighted by molar-refractivity contribution is 6.14. The molecule has 1 unspecified atom stereocenters. The SMILES string of the molecule is N/C(=N\C(NCCc1cccc2c1oc1c(-c3ccc4oc5ccccc5c4c3)cccc12)c1ccccc1)c1cccc2c1oc1ccccc12. The lowest BCUT2D eigenvalue weighted by molar-refractivity contribution is 0.555. The summed E-state index contributed by atoms with van der Waals surface area (Å²) in [5.74, 6) is 0.416. The summed E-state index contributed by atoms with van der Waals surface area (Å²) in [7, 11) is 0. The molecule has 250 valence electrons. The van der Waals surface area contributed by atoms with E-state index >= 15 is 0 Å². The number of nitrogens with zero attached hydrogens (tertiary/aromatic N) is 1. The molecule has 52 heavy (non-hydrogen) atoms. The van der Waals surface area contributed by atoms with E-state index in [1.54, 1.807) is 0 Å². The van der Waals surface area contributed by atoms with Gasteiger partial charge in [-0.15, -0.1) is 0 Å². The molecule has 3 aromatic heterocycles. The lowest BCUT2D eigenvalue weighted by Gasteiger charge is -2.17. The molecule has 0 aliphatic heterocycles. The zero-order chi connectivity index (χ0) is 34.6. The fraction of sp³-hybridized carbons (Fsp3) is 0.0652. The van der Waals surface area contributed by atoms with Gasteiger partial charge in [0.15, 0.2) is 0 Å². The molecule has 0 saturated carbocycles. The van der Waals surface area contributed by atoms with Crippen LogP contribution in [0.5, 0.6) is 0 Å². The average molecular weight is 676 g/mol. The number of nitrogens with one attached hydrogen (secondary N) is 1. The van der Waals surface area contributed by atoms with E-state index in [2.05, 4.69) is 90.2 Å². The van der Waals surface area contributed by atoms with Crippen molar-refractivity contribution in [3.63, 3.8) is 0 Å². The van der Waals surface area contributed by atoms with Crippen LogP contribution >= 0.6 is 0 Å². The fourth-order valence-corrected chi connectivity index (χ4v) is 7.57. The molecule has 7 aromatic carbocycles. The third kappa shape index (κ3) is 5.03. The molecule has 0 amide bonds. The number of rotatable bonds is 8. The number of hydrogen-bond acceptors (Lipinski definition) is 5. The van der Waals surface area contributed by atoms with Crippen molar-refractivity contribution >= 4 is 71.7 Å². The number of furan rings is 3. The summed E-state index contributed by atoms with van der Waals surface area (Å²) in [6.45, 7) is 0.651. The Morgan fingerprint density at radius 3 is 2.00 bits per heavy atom. The maximum absolute atomic E-state index is 6.77. The second-order valence-electron chi connectivity index (χ2n) is 13.2. The topological polar surface area (TPSA) is 89.8 Å². The lowest BCUT2D eigenvalue weighted by atomic mass is 10.00. The summed E-state index contributed by atoms with van der Waals surface area (Å²) in [5.41, 5.74) is 17.0. The summed E-state index contributed by atoms with van der Waals surface area (Å²) in [6, 6.07) is 51.6. The smallest absolute Gasteiger partial charge is 0.146 e. The van der Waals surface area contributed by atoms with Crippen molar-refractivity contribution in [2.45, 2.75) is 12.6 Å². The Kier molecular flexibility index (Phi) is 7.15. The minimum Gasteiger partial charge on any atom is -0.456 e. The van der Waals surface area contributed by atoms with Crippen LogP contribution in [0.3, 0.4) is 0 Å². The molecule has 3 N–H and O–H groups in total. The summed E-state index contributed by atoms with van der Waals surface area (Å²) in [4.78, 5) is 5.04. The van der Waals surface area contributed by atoms with Crippen LogP contribution in [0.1, 0.15) is 22.9 Å². The molecule has 1 atom stereocenters. The van der Waals surface area contributed by atoms with Gasteiger partial charge in [-0.05, 0) is 53.4 Å². The highest BCUT2D eigenvalue weighted by Gasteiger charge is 2.18. The molecule has 6 nitrogen and oxygen atoms in total. The van der Waals surface area contributed by atoms with Crippen molar-refractivity contribution in [1.82, 2.24) is 5.32 Å². The van der Waals surface area contributed by atoms with E-state index < -0.39 is 0 Å². The van der Waals surface area contributed by atoms with E-state index in [4.69, 9.17) is 24.0 Å². The normalized spacial score (nSPS) is 13.0. The first-order valence-electron chi connectivity index (χ1n) is 17.6. The second-order valence-corrected chi connectivity index (χ2v) is 13.2. The van der Waals surface area contributed by atoms with Crippen molar-refractivity contribution in [3.05, 3.63) is 168 Å². The first-order valence-corrected chi connectivity index (χ1v) is 17.6. The van der Waals surface area contributed by atoms with Crippen LogP contribution in [0.25, 0.3) is 76.9 Å². The number of amidine groups is 1. The van der Waals surface area contributed by atoms with E-state index in [9.17, 15) is 0 Å². The minimum absolute atomic E-state index is 0.365. The first-order chi connectivity index (χ1) is 25.7. The number of hydrogen-bond donors (Lipinski definition) is 2. The van der Waals surface area contributed by atoms with Gasteiger partial charge in [0.2, 0.25) is 0 Å². The maximum atomic E-state index is 6.77. The molecule has 0 aliphatic rings. The predicted molar refractivity (Wildman–Crippen MR) is 212 cm³/mol. The number of nitrogens with two attached hydrogens (primary N) is 1. The van der Waals surface area contributed by atoms with Crippen LogP contribution in [0, 0.1) is 0 Å². The van der Waals surface area contributed by atoms with Crippen LogP contribution in [0.2, 0.25) is 0 Å². The maximum Gasteiger partial charge on any atom is 0.146 e. The van der Waals surface area contributed by atoms with Gasteiger partial charge in [0.1, 0.15) is 45.5 Å². The lowest BCUT2D eigenvalue weighted by Crippen LogP contribution is -2.26. The van der Waals surface area contributed by atoms with Crippen LogP contribution in [-0.2, 0) is 6.42 Å². The van der Waals surface area contributed by atoms with Gasteiger partial charge in [-0.25, -0.2) is 4.99 Å². The van der Waals surface area contributed by atoms with E-state index in [0.29, 0.717) is 12.4 Å². The number of benzene rings is 7. The molecule has 0 radical (unpaired) electrons. The highest BCUT2D eigenvalue weighted by atomic mass is 16.3. The molecule has 0 aliphatic carbocycles. The number of aliphatic imine (C=N–C) groups is 1. The zero-order valence-electron chi connectivity index (χ0n) is 28.2. The van der Waals surface area contributed by atoms with Gasteiger partial charge in [-0.3, -0.25) is 5.32 Å². The molecule has 3 heterocycles. The Hall–Kier alpha value is -6.63. The molecule has 0 spiro atoms. The van der Waals surface area contributed by atoms with Crippen molar-refractivity contribution in [3.8, 4) is 11.1 Å². The summed E-state index contributed by atoms with van der Waals surface area (Å²) < 4.78 is 19.1. The van der Waals surface area contributed by atoms with Crippen LogP contribution in [0.15, 0.2) is 170 Å². The van der Waals surface area contributed by atoms with E-state index in [1.807, 2.05) is 66.7 Å². The van der Waals surface area contributed by atoms with Crippen molar-refractivity contribution in [1.29, 1.82) is 0 Å². The van der Waals surface area contributed by atoms with Crippen molar-refractivity contribution in [2.24, 2.45) is 10.7 Å². The monoisotopic (exact) mass is 675 g/mol. The summed E-state index contributed by atoms with van der Waals surface area (Å²) in [5, 5.41) is 10.2. The Balaban J connectivity index is 0.973. The van der Waals surface area contributed by atoms with Crippen molar-refractivity contribution < 1.29 is 13.3 Å². The third-order valence-electron chi connectivity index (χ3n) is 10.1. The average Bonchev–Trinajstić information content (AvgIpc) is 3.89. The molecule has 0 saturated heterocycles. The van der Waals surface area contributed by atoms with Gasteiger partial charge in [0.05, 0.1) is 5.56 Å². The molecule has 0 fully saturated rings. The molecular formula is C46H33N3O3. The van der Waals surface area contributed by atoms with Crippen LogP contribution in [-0.4, -0.2) is 12.4 Å². The Morgan fingerprint density at radius 2 is 1.17 bits per heavy atom. The Bertz CT molecular complexity index is 2970. The number of para-hydroxylation sites is 5. The van der Waals surface area contributed by atoms with Gasteiger partial charge >= 0.3 is 0 Å². The van der Waals surface area contributed by atoms with Gasteiger partial charge in [-0.1, -0.05) is 121 Å². The van der Waals surface area contributed by atoms with E-state index in [-0.39, 0.29) is 6.17 Å². The Labute approximate surface area is 298 Å². The molecular weight excluding hydrogens is 643 g/mol. The summed E-state index contributed by atoms with van der Waals surface area (Å²) in [6.07, 6.45) is 0.369. The molecule has 10 rings (SSSR count). The quantitative estimate of drug-likeness (QED) is 0.124. The van der Waals surface area contributed by atoms with Gasteiger partial charge in [-0.2, -0.15) is 0 Å². The third-order valence-corrected chi connectivity index (χ3v) is 10.1. The zero-order valence-corrected chi connectivity index (χ0v) is 28.2. The Morgan fingerprint density at radius 1 is 0.538 bits per heavy atom. The second kappa shape index (κ2) is 12.3. The van der Waals surface area contributed by atoms with Crippen LogP contribution in [0.4, 0.5) is 0 Å². The standard InChI is InChI=1S/C46H33N3O3/c47-45(37-20-10-18-34-32-14-4-7-22-40(32)51-44(34)37)49-46(29-11-2-1-3-12-29)48-26-25-28-13-8-17-35-36-19-9-16-31(43(36)52-42(28)35)30-23-24-41-38(27-30)33-15-5-6-21-39(33)50-41/h1-24,27,46,48H,25-26H2,(H2,47,49). The van der Waals surface area contributed by atoms with E-state index in [1.165, 1.54) is 0 Å². The summed E-state index contributed by atoms with van der Waals surface area (Å²) >= 11 is 0. The highest BCUT2D eigenvalue weighted by Crippen LogP contribution is 2.39. The van der Waals surface area contributed by atoms with Crippen LogP contribution < -0.4 is 11.1 Å². The van der Waals surface area contributed by atoms with Crippen molar-refractivity contribution in [2.75, 3.05) is 6.54 Å². The van der Waals surface area contributed by atoms with E-state index in [0.717, 1.165) is 100 Å². The predicted octanol–water partition coefficient (Wildman–Crippen LogP) is 11.3. The number of fused-ring (bicyclic) bond motifs is 9. The van der Waals surface area contributed by atoms with Gasteiger partial charge < -0.3 is 19.0 Å². The minimum atomic E-state index is -0.365. The van der Waals surface area contributed by atoms with Gasteiger partial charge in [0.25, 0.3) is 0 Å². The fourth-order valence-electron chi connectivity index (χ4n) is 7.57. The first kappa shape index (κ1) is 30.2. The molecule has 10 aromatic rings. The molecule has 6 heteroatoms. The molecule has 0 bridgehead atoms.